The summed E-state index contributed by atoms with van der Waals surface area (Å²) >= 11 is 0. The highest BCUT2D eigenvalue weighted by Crippen LogP contribution is 2.16. The van der Waals surface area contributed by atoms with Crippen LogP contribution in [0.15, 0.2) is 84.5 Å². The fourth-order valence-electron chi connectivity index (χ4n) is 4.33. The third-order valence-corrected chi connectivity index (χ3v) is 7.13. The van der Waals surface area contributed by atoms with Gasteiger partial charge in [0.05, 0.1) is 30.6 Å². The van der Waals surface area contributed by atoms with Crippen LogP contribution in [0.2, 0.25) is 0 Å². The number of rotatable bonds is 11. The van der Waals surface area contributed by atoms with Crippen LogP contribution >= 0.6 is 0 Å². The van der Waals surface area contributed by atoms with Crippen molar-refractivity contribution in [1.82, 2.24) is 29.5 Å². The molecule has 3 aromatic rings. The van der Waals surface area contributed by atoms with E-state index in [1.54, 1.807) is 29.5 Å². The Hall–Kier alpha value is -4.56. The van der Waals surface area contributed by atoms with Gasteiger partial charge in [0.2, 0.25) is 5.95 Å². The topological polar surface area (TPSA) is 111 Å². The SMILES string of the molecule is C=C(C#Cc1cnc(Nc2cnn(CCO)c2)nc1)/C(C)=C\C=C(/CC)C(=O)Nc1ccc(CN2CCN(C)CC2)cc1. The number of aromatic nitrogens is 4. The summed E-state index contributed by atoms with van der Waals surface area (Å²) < 4.78 is 1.63. The van der Waals surface area contributed by atoms with Gasteiger partial charge in [-0.2, -0.15) is 5.10 Å². The average Bonchev–Trinajstić information content (AvgIpc) is 3.45. The van der Waals surface area contributed by atoms with Gasteiger partial charge in [-0.05, 0) is 43.7 Å². The van der Waals surface area contributed by atoms with E-state index in [0.717, 1.165) is 49.7 Å². The van der Waals surface area contributed by atoms with E-state index in [4.69, 9.17) is 5.11 Å². The van der Waals surface area contributed by atoms with Crippen LogP contribution in [0.3, 0.4) is 0 Å². The second-order valence-electron chi connectivity index (χ2n) is 10.5. The number of nitrogens with zero attached hydrogens (tertiary/aromatic N) is 6. The Morgan fingerprint density at radius 2 is 1.79 bits per heavy atom. The van der Waals surface area contributed by atoms with Gasteiger partial charge in [-0.25, -0.2) is 9.97 Å². The van der Waals surface area contributed by atoms with E-state index in [1.807, 2.05) is 38.1 Å². The molecule has 0 saturated carbocycles. The highest BCUT2D eigenvalue weighted by Gasteiger charge is 2.14. The predicted molar refractivity (Wildman–Crippen MR) is 171 cm³/mol. The molecule has 0 bridgehead atoms. The zero-order valence-corrected chi connectivity index (χ0v) is 25.2. The Morgan fingerprint density at radius 1 is 1.07 bits per heavy atom. The summed E-state index contributed by atoms with van der Waals surface area (Å²) in [7, 11) is 2.16. The Labute approximate surface area is 253 Å². The van der Waals surface area contributed by atoms with Gasteiger partial charge >= 0.3 is 0 Å². The van der Waals surface area contributed by atoms with Crippen molar-refractivity contribution in [2.45, 2.75) is 33.4 Å². The van der Waals surface area contributed by atoms with Crippen LogP contribution in [-0.2, 0) is 17.9 Å². The summed E-state index contributed by atoms with van der Waals surface area (Å²) in [6.07, 6.45) is 11.0. The Morgan fingerprint density at radius 3 is 2.47 bits per heavy atom. The quantitative estimate of drug-likeness (QED) is 0.177. The monoisotopic (exact) mass is 580 g/mol. The van der Waals surface area contributed by atoms with Gasteiger partial charge in [-0.3, -0.25) is 14.4 Å². The molecule has 43 heavy (non-hydrogen) atoms. The lowest BCUT2D eigenvalue weighted by Crippen LogP contribution is -2.43. The lowest BCUT2D eigenvalue weighted by atomic mass is 10.1. The van der Waals surface area contributed by atoms with Gasteiger partial charge in [-0.15, -0.1) is 0 Å². The highest BCUT2D eigenvalue weighted by atomic mass is 16.3. The average molecular weight is 581 g/mol. The molecule has 1 aliphatic heterocycles. The molecule has 3 heterocycles. The molecule has 0 atom stereocenters. The molecule has 0 unspecified atom stereocenters. The van der Waals surface area contributed by atoms with Crippen molar-refractivity contribution in [2.75, 3.05) is 50.5 Å². The maximum Gasteiger partial charge on any atom is 0.251 e. The first-order valence-corrected chi connectivity index (χ1v) is 14.4. The van der Waals surface area contributed by atoms with Gasteiger partial charge in [0.15, 0.2) is 0 Å². The molecule has 0 spiro atoms. The second kappa shape index (κ2) is 15.6. The number of benzene rings is 1. The van der Waals surface area contributed by atoms with Crippen LogP contribution in [-0.4, -0.2) is 80.4 Å². The van der Waals surface area contributed by atoms with Gasteiger partial charge < -0.3 is 20.6 Å². The molecule has 2 aromatic heterocycles. The van der Waals surface area contributed by atoms with Crippen molar-refractivity contribution in [1.29, 1.82) is 0 Å². The summed E-state index contributed by atoms with van der Waals surface area (Å²) in [6.45, 7) is 13.7. The summed E-state index contributed by atoms with van der Waals surface area (Å²) in [5.41, 5.74) is 5.57. The largest absolute Gasteiger partial charge is 0.394 e. The minimum atomic E-state index is -0.123. The number of piperazine rings is 1. The second-order valence-corrected chi connectivity index (χ2v) is 10.5. The maximum absolute atomic E-state index is 12.9. The number of aliphatic hydroxyl groups is 1. The van der Waals surface area contributed by atoms with E-state index >= 15 is 0 Å². The molecule has 224 valence electrons. The smallest absolute Gasteiger partial charge is 0.251 e. The number of amides is 1. The van der Waals surface area contributed by atoms with Crippen molar-refractivity contribution in [3.05, 3.63) is 95.6 Å². The Kier molecular flexibility index (Phi) is 11.4. The van der Waals surface area contributed by atoms with Crippen molar-refractivity contribution in [2.24, 2.45) is 0 Å². The van der Waals surface area contributed by atoms with E-state index in [2.05, 4.69) is 73.1 Å². The Balaban J connectivity index is 1.29. The minimum Gasteiger partial charge on any atom is -0.394 e. The van der Waals surface area contributed by atoms with Crippen LogP contribution < -0.4 is 10.6 Å². The number of allylic oxidation sites excluding steroid dienone is 4. The van der Waals surface area contributed by atoms with Crippen molar-refractivity contribution >= 4 is 23.2 Å². The third-order valence-electron chi connectivity index (χ3n) is 7.13. The first-order chi connectivity index (χ1) is 20.8. The van der Waals surface area contributed by atoms with Crippen LogP contribution in [0.4, 0.5) is 17.3 Å². The molecular weight excluding hydrogens is 540 g/mol. The zero-order chi connectivity index (χ0) is 30.6. The van der Waals surface area contributed by atoms with Gasteiger partial charge in [0.1, 0.15) is 0 Å². The number of likely N-dealkylation sites (N-methyl/N-ethyl adjacent to an activating group) is 1. The molecule has 1 aromatic carbocycles. The molecule has 1 saturated heterocycles. The molecule has 10 nitrogen and oxygen atoms in total. The summed E-state index contributed by atoms with van der Waals surface area (Å²) in [6, 6.07) is 8.10. The van der Waals surface area contributed by atoms with Crippen molar-refractivity contribution < 1.29 is 9.90 Å². The van der Waals surface area contributed by atoms with Crippen molar-refractivity contribution in [3.8, 4) is 11.8 Å². The number of anilines is 3. The number of hydrogen-bond acceptors (Lipinski definition) is 8. The van der Waals surface area contributed by atoms with Crippen LogP contribution in [0.5, 0.6) is 0 Å². The number of carbonyl (C=O) groups excluding carboxylic acids is 1. The summed E-state index contributed by atoms with van der Waals surface area (Å²) in [5, 5.41) is 19.2. The standard InChI is InChI=1S/C33H40N8O2/c1-5-29(32(43)37-30-12-9-27(10-13-30)23-40-16-14-39(4)15-17-40)11-7-26(3)25(2)6-8-28-20-34-33(35-21-28)38-31-22-36-41(24-31)18-19-42/h7,9-13,20-22,24,42H,2,5,14-19,23H2,1,3-4H3,(H,37,43)(H,34,35,38)/b26-7-,29-11+. The molecule has 0 radical (unpaired) electrons. The molecule has 10 heteroatoms. The fraction of sp³-hybridized carbons (Fsp3) is 0.333. The van der Waals surface area contributed by atoms with Crippen LogP contribution in [0, 0.1) is 11.8 Å². The molecule has 4 rings (SSSR count). The number of aliphatic hydroxyl groups excluding tert-OH is 1. The maximum atomic E-state index is 12.9. The lowest BCUT2D eigenvalue weighted by molar-refractivity contribution is -0.113. The molecule has 1 fully saturated rings. The normalized spacial score (nSPS) is 14.6. The van der Waals surface area contributed by atoms with Gasteiger partial charge in [-0.1, -0.05) is 49.6 Å². The van der Waals surface area contributed by atoms with Gasteiger partial charge in [0, 0.05) is 68.1 Å². The summed E-state index contributed by atoms with van der Waals surface area (Å²) in [5.74, 6) is 6.37. The molecule has 0 aliphatic carbocycles. The number of hydrogen-bond donors (Lipinski definition) is 3. The van der Waals surface area contributed by atoms with E-state index in [1.165, 1.54) is 5.56 Å². The van der Waals surface area contributed by atoms with Crippen LogP contribution in [0.25, 0.3) is 0 Å². The first-order valence-electron chi connectivity index (χ1n) is 14.4. The first kappa shape index (κ1) is 31.4. The molecule has 1 aliphatic rings. The van der Waals surface area contributed by atoms with Crippen molar-refractivity contribution in [3.63, 3.8) is 0 Å². The van der Waals surface area contributed by atoms with E-state index in [0.29, 0.717) is 35.6 Å². The van der Waals surface area contributed by atoms with Gasteiger partial charge in [0.25, 0.3) is 5.91 Å². The molecule has 1 amide bonds. The Bertz CT molecular complexity index is 1500. The predicted octanol–water partition coefficient (Wildman–Crippen LogP) is 3.99. The zero-order valence-electron chi connectivity index (χ0n) is 25.2. The fourth-order valence-corrected chi connectivity index (χ4v) is 4.33. The molecule has 3 N–H and O–H groups in total. The molecular formula is C33H40N8O2. The van der Waals surface area contributed by atoms with Crippen LogP contribution in [0.1, 0.15) is 31.4 Å². The highest BCUT2D eigenvalue weighted by molar-refractivity contribution is 6.03. The van der Waals surface area contributed by atoms with E-state index in [-0.39, 0.29) is 12.5 Å². The van der Waals surface area contributed by atoms with E-state index in [9.17, 15) is 4.79 Å². The summed E-state index contributed by atoms with van der Waals surface area (Å²) in [4.78, 5) is 26.3. The number of carbonyl (C=O) groups is 1. The number of nitrogens with one attached hydrogen (secondary N) is 2. The minimum absolute atomic E-state index is 0.0170. The van der Waals surface area contributed by atoms with E-state index < -0.39 is 0 Å². The third kappa shape index (κ3) is 9.75. The lowest BCUT2D eigenvalue weighted by Gasteiger charge is -2.32.